The van der Waals surface area contributed by atoms with Crippen LogP contribution in [0.5, 0.6) is 5.75 Å². The first-order chi connectivity index (χ1) is 11.3. The van der Waals surface area contributed by atoms with E-state index in [-0.39, 0.29) is 5.91 Å². The Kier molecular flexibility index (Phi) is 7.99. The molecule has 1 aliphatic carbocycles. The van der Waals surface area contributed by atoms with Crippen LogP contribution >= 0.6 is 0 Å². The SMILES string of the molecule is CCCCNC(=O)CCCOc1ccc(C2CCCCC2)cc1. The Labute approximate surface area is 140 Å². The highest BCUT2D eigenvalue weighted by Gasteiger charge is 2.15. The molecular weight excluding hydrogens is 286 g/mol. The van der Waals surface area contributed by atoms with Gasteiger partial charge < -0.3 is 10.1 Å². The number of benzene rings is 1. The normalized spacial score (nSPS) is 15.3. The predicted molar refractivity (Wildman–Crippen MR) is 94.9 cm³/mol. The maximum atomic E-state index is 11.6. The van der Waals surface area contributed by atoms with Gasteiger partial charge in [-0.1, -0.05) is 44.7 Å². The third-order valence-corrected chi connectivity index (χ3v) is 4.63. The van der Waals surface area contributed by atoms with E-state index in [0.29, 0.717) is 13.0 Å². The highest BCUT2D eigenvalue weighted by Crippen LogP contribution is 2.33. The van der Waals surface area contributed by atoms with Gasteiger partial charge >= 0.3 is 0 Å². The van der Waals surface area contributed by atoms with Crippen LogP contribution in [-0.4, -0.2) is 19.1 Å². The number of carbonyl (C=O) groups excluding carboxylic acids is 1. The van der Waals surface area contributed by atoms with E-state index < -0.39 is 0 Å². The molecule has 1 aromatic rings. The zero-order chi connectivity index (χ0) is 16.3. The molecule has 0 unspecified atom stereocenters. The molecule has 1 amide bonds. The minimum Gasteiger partial charge on any atom is -0.494 e. The Hall–Kier alpha value is -1.51. The Morgan fingerprint density at radius 1 is 1.13 bits per heavy atom. The van der Waals surface area contributed by atoms with E-state index >= 15 is 0 Å². The average molecular weight is 317 g/mol. The summed E-state index contributed by atoms with van der Waals surface area (Å²) in [6.45, 7) is 3.52. The number of carbonyl (C=O) groups is 1. The van der Waals surface area contributed by atoms with Crippen molar-refractivity contribution in [2.24, 2.45) is 0 Å². The second kappa shape index (κ2) is 10.3. The Morgan fingerprint density at radius 2 is 1.87 bits per heavy atom. The van der Waals surface area contributed by atoms with Gasteiger partial charge in [0.15, 0.2) is 0 Å². The van der Waals surface area contributed by atoms with Gasteiger partial charge in [0.25, 0.3) is 0 Å². The van der Waals surface area contributed by atoms with Crippen molar-refractivity contribution in [3.05, 3.63) is 29.8 Å². The van der Waals surface area contributed by atoms with E-state index in [2.05, 4.69) is 36.5 Å². The molecule has 0 heterocycles. The molecule has 1 aliphatic rings. The van der Waals surface area contributed by atoms with Gasteiger partial charge in [0.2, 0.25) is 5.91 Å². The zero-order valence-corrected chi connectivity index (χ0v) is 14.5. The maximum absolute atomic E-state index is 11.6. The summed E-state index contributed by atoms with van der Waals surface area (Å²) >= 11 is 0. The monoisotopic (exact) mass is 317 g/mol. The van der Waals surface area contributed by atoms with Crippen molar-refractivity contribution in [1.82, 2.24) is 5.32 Å². The molecule has 1 aromatic carbocycles. The van der Waals surface area contributed by atoms with Crippen LogP contribution in [0, 0.1) is 0 Å². The number of rotatable bonds is 9. The number of ether oxygens (including phenoxy) is 1. The molecule has 0 bridgehead atoms. The summed E-state index contributed by atoms with van der Waals surface area (Å²) in [5.41, 5.74) is 1.45. The fourth-order valence-electron chi connectivity index (χ4n) is 3.19. The highest BCUT2D eigenvalue weighted by molar-refractivity contribution is 5.75. The van der Waals surface area contributed by atoms with Gasteiger partial charge in [-0.2, -0.15) is 0 Å². The standard InChI is InChI=1S/C20H31NO2/c1-2-3-15-21-20(22)10-7-16-23-19-13-11-18(12-14-19)17-8-5-4-6-9-17/h11-14,17H,2-10,15-16H2,1H3,(H,21,22). The second-order valence-electron chi connectivity index (χ2n) is 6.56. The van der Waals surface area contributed by atoms with E-state index in [1.165, 1.54) is 37.7 Å². The molecule has 3 heteroatoms. The van der Waals surface area contributed by atoms with Crippen molar-refractivity contribution in [3.63, 3.8) is 0 Å². The Balaban J connectivity index is 1.63. The number of amides is 1. The van der Waals surface area contributed by atoms with Crippen molar-refractivity contribution in [2.45, 2.75) is 70.6 Å². The maximum Gasteiger partial charge on any atom is 0.220 e. The van der Waals surface area contributed by atoms with Crippen molar-refractivity contribution in [2.75, 3.05) is 13.2 Å². The molecule has 3 nitrogen and oxygen atoms in total. The van der Waals surface area contributed by atoms with Crippen molar-refractivity contribution in [1.29, 1.82) is 0 Å². The van der Waals surface area contributed by atoms with E-state index in [9.17, 15) is 4.79 Å². The van der Waals surface area contributed by atoms with Crippen molar-refractivity contribution in [3.8, 4) is 5.75 Å². The number of hydrogen-bond donors (Lipinski definition) is 1. The van der Waals surface area contributed by atoms with Crippen LogP contribution in [0.3, 0.4) is 0 Å². The van der Waals surface area contributed by atoms with Gasteiger partial charge in [-0.25, -0.2) is 0 Å². The van der Waals surface area contributed by atoms with E-state index in [1.807, 2.05) is 0 Å². The minimum absolute atomic E-state index is 0.134. The molecule has 1 N–H and O–H groups in total. The molecule has 23 heavy (non-hydrogen) atoms. The first kappa shape index (κ1) is 17.8. The molecule has 1 saturated carbocycles. The smallest absolute Gasteiger partial charge is 0.220 e. The van der Waals surface area contributed by atoms with Crippen LogP contribution in [-0.2, 0) is 4.79 Å². The molecule has 0 spiro atoms. The lowest BCUT2D eigenvalue weighted by atomic mass is 9.84. The van der Waals surface area contributed by atoms with Gasteiger partial charge in [-0.05, 0) is 49.3 Å². The lowest BCUT2D eigenvalue weighted by Crippen LogP contribution is -2.24. The quantitative estimate of drug-likeness (QED) is 0.664. The largest absolute Gasteiger partial charge is 0.494 e. The van der Waals surface area contributed by atoms with Crippen LogP contribution < -0.4 is 10.1 Å². The topological polar surface area (TPSA) is 38.3 Å². The summed E-state index contributed by atoms with van der Waals surface area (Å²) in [5, 5.41) is 2.93. The van der Waals surface area contributed by atoms with Crippen molar-refractivity contribution >= 4 is 5.91 Å². The minimum atomic E-state index is 0.134. The van der Waals surface area contributed by atoms with E-state index in [0.717, 1.165) is 37.5 Å². The summed E-state index contributed by atoms with van der Waals surface area (Å²) in [6, 6.07) is 8.57. The third-order valence-electron chi connectivity index (χ3n) is 4.63. The number of unbranched alkanes of at least 4 members (excludes halogenated alkanes) is 1. The average Bonchev–Trinajstić information content (AvgIpc) is 2.60. The molecule has 1 fully saturated rings. The van der Waals surface area contributed by atoms with Crippen LogP contribution in [0.25, 0.3) is 0 Å². The van der Waals surface area contributed by atoms with E-state index in [4.69, 9.17) is 4.74 Å². The van der Waals surface area contributed by atoms with Gasteiger partial charge in [0.1, 0.15) is 5.75 Å². The van der Waals surface area contributed by atoms with Gasteiger partial charge in [-0.15, -0.1) is 0 Å². The molecule has 0 aliphatic heterocycles. The van der Waals surface area contributed by atoms with Gasteiger partial charge in [0.05, 0.1) is 6.61 Å². The molecule has 128 valence electrons. The molecule has 2 rings (SSSR count). The predicted octanol–water partition coefficient (Wildman–Crippen LogP) is 4.81. The van der Waals surface area contributed by atoms with Crippen LogP contribution in [0.1, 0.15) is 76.2 Å². The first-order valence-corrected chi connectivity index (χ1v) is 9.29. The summed E-state index contributed by atoms with van der Waals surface area (Å²) in [4.78, 5) is 11.6. The summed E-state index contributed by atoms with van der Waals surface area (Å²) in [7, 11) is 0. The Bertz CT molecular complexity index is 449. The van der Waals surface area contributed by atoms with Crippen LogP contribution in [0.2, 0.25) is 0 Å². The molecule has 0 saturated heterocycles. The first-order valence-electron chi connectivity index (χ1n) is 9.29. The van der Waals surface area contributed by atoms with Gasteiger partial charge in [-0.3, -0.25) is 4.79 Å². The zero-order valence-electron chi connectivity index (χ0n) is 14.5. The lowest BCUT2D eigenvalue weighted by molar-refractivity contribution is -0.121. The fraction of sp³-hybridized carbons (Fsp3) is 0.650. The molecule has 0 radical (unpaired) electrons. The Morgan fingerprint density at radius 3 is 2.57 bits per heavy atom. The molecule has 0 atom stereocenters. The number of nitrogens with one attached hydrogen (secondary N) is 1. The van der Waals surface area contributed by atoms with Crippen LogP contribution in [0.4, 0.5) is 0 Å². The summed E-state index contributed by atoms with van der Waals surface area (Å²) < 4.78 is 5.74. The highest BCUT2D eigenvalue weighted by atomic mass is 16.5. The van der Waals surface area contributed by atoms with Crippen molar-refractivity contribution < 1.29 is 9.53 Å². The molecule has 0 aromatic heterocycles. The lowest BCUT2D eigenvalue weighted by Gasteiger charge is -2.22. The van der Waals surface area contributed by atoms with Gasteiger partial charge in [0, 0.05) is 13.0 Å². The summed E-state index contributed by atoms with van der Waals surface area (Å²) in [6.07, 6.45) is 10.2. The summed E-state index contributed by atoms with van der Waals surface area (Å²) in [5.74, 6) is 1.79. The number of hydrogen-bond acceptors (Lipinski definition) is 2. The fourth-order valence-corrected chi connectivity index (χ4v) is 3.19. The third kappa shape index (κ3) is 6.64. The molecular formula is C20H31NO2. The van der Waals surface area contributed by atoms with E-state index in [1.54, 1.807) is 0 Å². The van der Waals surface area contributed by atoms with Crippen LogP contribution in [0.15, 0.2) is 24.3 Å². The second-order valence-corrected chi connectivity index (χ2v) is 6.56.